The zero-order valence-electron chi connectivity index (χ0n) is 29.7. The number of pyridine rings is 1. The van der Waals surface area contributed by atoms with Crippen molar-refractivity contribution >= 4 is 21.8 Å². The van der Waals surface area contributed by atoms with Gasteiger partial charge in [-0.15, -0.1) is 0 Å². The summed E-state index contributed by atoms with van der Waals surface area (Å²) in [6, 6.07) is 32.0. The first kappa shape index (κ1) is 32.4. The van der Waals surface area contributed by atoms with E-state index in [1.807, 2.05) is 35.3 Å². The van der Waals surface area contributed by atoms with Crippen LogP contribution in [0.3, 0.4) is 0 Å². The number of para-hydroxylation sites is 1. The highest BCUT2D eigenvalue weighted by Crippen LogP contribution is 2.37. The van der Waals surface area contributed by atoms with Crippen LogP contribution in [-0.4, -0.2) is 19.3 Å². The second-order valence-electron chi connectivity index (χ2n) is 14.6. The van der Waals surface area contributed by atoms with Crippen molar-refractivity contribution in [2.75, 3.05) is 0 Å². The molecule has 0 aliphatic heterocycles. The van der Waals surface area contributed by atoms with Gasteiger partial charge in [-0.25, -0.2) is 9.67 Å². The first-order valence-corrected chi connectivity index (χ1v) is 17.6. The van der Waals surface area contributed by atoms with E-state index in [4.69, 9.17) is 14.8 Å². The molecule has 0 radical (unpaired) electrons. The van der Waals surface area contributed by atoms with Gasteiger partial charge in [0.15, 0.2) is 0 Å². The lowest BCUT2D eigenvalue weighted by Gasteiger charge is -2.20. The van der Waals surface area contributed by atoms with Crippen LogP contribution in [0.2, 0.25) is 0 Å². The number of fused-ring (bicyclic) bond motifs is 3. The smallest absolute Gasteiger partial charge is 0.137 e. The van der Waals surface area contributed by atoms with Crippen molar-refractivity contribution < 1.29 is 4.74 Å². The summed E-state index contributed by atoms with van der Waals surface area (Å²) in [5, 5.41) is 7.23. The van der Waals surface area contributed by atoms with Gasteiger partial charge < -0.3 is 4.74 Å². The summed E-state index contributed by atoms with van der Waals surface area (Å²) in [6.07, 6.45) is 8.15. The molecule has 5 nitrogen and oxygen atoms in total. The molecule has 49 heavy (non-hydrogen) atoms. The van der Waals surface area contributed by atoms with Crippen molar-refractivity contribution in [3.05, 3.63) is 132 Å². The van der Waals surface area contributed by atoms with Crippen LogP contribution >= 0.6 is 0 Å². The Balaban J connectivity index is 1.24. The van der Waals surface area contributed by atoms with Crippen LogP contribution in [0, 0.1) is 18.8 Å². The van der Waals surface area contributed by atoms with E-state index >= 15 is 0 Å². The molecule has 0 fully saturated rings. The SMILES string of the molecule is Cc1ccnc(-n2c3ccccc3c3ccc(Oc4cccc(-n5cc(-c6c(CC(C)C)cc(C(C)C)cc6CC(C)C)cn5)c4)cc32)c1. The van der Waals surface area contributed by atoms with E-state index in [0.29, 0.717) is 17.8 Å². The van der Waals surface area contributed by atoms with E-state index < -0.39 is 0 Å². The fraction of sp³-hybridized carbons (Fsp3) is 0.273. The van der Waals surface area contributed by atoms with Crippen molar-refractivity contribution in [1.82, 2.24) is 19.3 Å². The average Bonchev–Trinajstić information content (AvgIpc) is 3.67. The van der Waals surface area contributed by atoms with Gasteiger partial charge in [0.05, 0.1) is 22.9 Å². The molecule has 7 aromatic rings. The maximum absolute atomic E-state index is 6.54. The Hall–Kier alpha value is -5.16. The molecule has 0 spiro atoms. The largest absolute Gasteiger partial charge is 0.457 e. The number of hydrogen-bond acceptors (Lipinski definition) is 3. The summed E-state index contributed by atoms with van der Waals surface area (Å²) >= 11 is 0. The van der Waals surface area contributed by atoms with E-state index in [-0.39, 0.29) is 0 Å². The van der Waals surface area contributed by atoms with Crippen molar-refractivity contribution in [2.24, 2.45) is 11.8 Å². The monoisotopic (exact) mass is 646 g/mol. The predicted octanol–water partition coefficient (Wildman–Crippen LogP) is 11.7. The lowest BCUT2D eigenvalue weighted by molar-refractivity contribution is 0.483. The number of aromatic nitrogens is 4. The van der Waals surface area contributed by atoms with E-state index in [0.717, 1.165) is 52.4 Å². The summed E-state index contributed by atoms with van der Waals surface area (Å²) in [7, 11) is 0. The molecule has 3 aromatic heterocycles. The van der Waals surface area contributed by atoms with Gasteiger partial charge in [0.2, 0.25) is 0 Å². The zero-order valence-corrected chi connectivity index (χ0v) is 29.7. The Morgan fingerprint density at radius 2 is 1.41 bits per heavy atom. The molecule has 5 heteroatoms. The van der Waals surface area contributed by atoms with Crippen molar-refractivity contribution in [2.45, 2.75) is 67.2 Å². The highest BCUT2D eigenvalue weighted by molar-refractivity contribution is 6.09. The molecule has 3 heterocycles. The minimum atomic E-state index is 0.486. The van der Waals surface area contributed by atoms with E-state index in [1.54, 1.807) is 0 Å². The van der Waals surface area contributed by atoms with Crippen LogP contribution in [0.25, 0.3) is 44.4 Å². The molecule has 0 atom stereocenters. The zero-order chi connectivity index (χ0) is 34.2. The van der Waals surface area contributed by atoms with Crippen LogP contribution in [0.5, 0.6) is 11.5 Å². The van der Waals surface area contributed by atoms with Crippen molar-refractivity contribution in [3.63, 3.8) is 0 Å². The van der Waals surface area contributed by atoms with E-state index in [2.05, 4.69) is 132 Å². The van der Waals surface area contributed by atoms with E-state index in [1.165, 1.54) is 38.6 Å². The second kappa shape index (κ2) is 13.4. The van der Waals surface area contributed by atoms with Crippen LogP contribution in [0.1, 0.15) is 69.7 Å². The van der Waals surface area contributed by atoms with Gasteiger partial charge in [0, 0.05) is 40.9 Å². The van der Waals surface area contributed by atoms with Gasteiger partial charge >= 0.3 is 0 Å². The molecule has 0 saturated carbocycles. The Kier molecular flexibility index (Phi) is 8.85. The van der Waals surface area contributed by atoms with Gasteiger partial charge in [-0.05, 0) is 108 Å². The standard InChI is InChI=1S/C44H46N4O/c1-28(2)19-33-22-32(30(5)6)23-34(20-29(3)4)44(33)35-26-46-47(27-35)36-11-10-12-37(24-36)49-38-15-16-40-39-13-8-9-14-41(39)48(42(40)25-38)43-21-31(7)17-18-45-43/h8-18,21-30H,19-20H2,1-7H3. The highest BCUT2D eigenvalue weighted by Gasteiger charge is 2.19. The fourth-order valence-corrected chi connectivity index (χ4v) is 7.02. The Bertz CT molecular complexity index is 2240. The molecule has 248 valence electrons. The number of aryl methyl sites for hydroxylation is 1. The molecule has 0 N–H and O–H groups in total. The minimum Gasteiger partial charge on any atom is -0.457 e. The predicted molar refractivity (Wildman–Crippen MR) is 204 cm³/mol. The molecule has 7 rings (SSSR count). The molecule has 0 unspecified atom stereocenters. The summed E-state index contributed by atoms with van der Waals surface area (Å²) in [5.41, 5.74) is 11.1. The highest BCUT2D eigenvalue weighted by atomic mass is 16.5. The normalized spacial score (nSPS) is 11.9. The molecular formula is C44H46N4O. The third-order valence-corrected chi connectivity index (χ3v) is 9.21. The lowest BCUT2D eigenvalue weighted by atomic mass is 9.84. The van der Waals surface area contributed by atoms with Gasteiger partial charge in [-0.2, -0.15) is 5.10 Å². The fourth-order valence-electron chi connectivity index (χ4n) is 7.02. The molecule has 0 bridgehead atoms. The Morgan fingerprint density at radius 3 is 2.12 bits per heavy atom. The molecular weight excluding hydrogens is 601 g/mol. The van der Waals surface area contributed by atoms with Gasteiger partial charge in [0.25, 0.3) is 0 Å². The Morgan fingerprint density at radius 1 is 0.694 bits per heavy atom. The van der Waals surface area contributed by atoms with Crippen LogP contribution in [0.4, 0.5) is 0 Å². The van der Waals surface area contributed by atoms with Gasteiger partial charge in [0.1, 0.15) is 17.3 Å². The van der Waals surface area contributed by atoms with Gasteiger partial charge in [-0.1, -0.05) is 77.9 Å². The van der Waals surface area contributed by atoms with Crippen molar-refractivity contribution in [1.29, 1.82) is 0 Å². The number of rotatable bonds is 10. The topological polar surface area (TPSA) is 44.9 Å². The summed E-state index contributed by atoms with van der Waals surface area (Å²) in [4.78, 5) is 4.73. The maximum Gasteiger partial charge on any atom is 0.137 e. The average molecular weight is 647 g/mol. The molecule has 0 saturated heterocycles. The van der Waals surface area contributed by atoms with E-state index in [9.17, 15) is 0 Å². The quantitative estimate of drug-likeness (QED) is 0.149. The molecule has 0 amide bonds. The third-order valence-electron chi connectivity index (χ3n) is 9.21. The summed E-state index contributed by atoms with van der Waals surface area (Å²) in [6.45, 7) is 15.9. The lowest BCUT2D eigenvalue weighted by Crippen LogP contribution is -2.05. The molecule has 0 aliphatic carbocycles. The second-order valence-corrected chi connectivity index (χ2v) is 14.6. The van der Waals surface area contributed by atoms with Crippen molar-refractivity contribution in [3.8, 4) is 34.1 Å². The number of hydrogen-bond donors (Lipinski definition) is 0. The number of benzene rings is 4. The van der Waals surface area contributed by atoms with Gasteiger partial charge in [-0.3, -0.25) is 4.57 Å². The molecule has 0 aliphatic rings. The third kappa shape index (κ3) is 6.63. The van der Waals surface area contributed by atoms with Crippen LogP contribution in [-0.2, 0) is 12.8 Å². The minimum absolute atomic E-state index is 0.486. The summed E-state index contributed by atoms with van der Waals surface area (Å²) in [5.74, 6) is 4.03. The molecule has 4 aromatic carbocycles. The van der Waals surface area contributed by atoms with Crippen LogP contribution < -0.4 is 4.74 Å². The van der Waals surface area contributed by atoms with Crippen LogP contribution in [0.15, 0.2) is 110 Å². The Labute approximate surface area is 290 Å². The number of ether oxygens (including phenoxy) is 1. The maximum atomic E-state index is 6.54. The first-order chi connectivity index (χ1) is 23.6. The first-order valence-electron chi connectivity index (χ1n) is 17.6. The number of nitrogens with zero attached hydrogens (tertiary/aromatic N) is 4. The summed E-state index contributed by atoms with van der Waals surface area (Å²) < 4.78 is 10.7.